The average Bonchev–Trinajstić information content (AvgIpc) is 2.82. The first-order chi connectivity index (χ1) is 10.2. The van der Waals surface area contributed by atoms with E-state index in [1.54, 1.807) is 6.92 Å². The Bertz CT molecular complexity index is 721. The number of carbonyl (C=O) groups excluding carboxylic acids is 1. The third kappa shape index (κ3) is 3.24. The number of ether oxygens (including phenoxy) is 1. The lowest BCUT2D eigenvalue weighted by Gasteiger charge is -2.14. The number of fused-ring (bicyclic) bond motifs is 1. The van der Waals surface area contributed by atoms with Crippen LogP contribution >= 0.6 is 11.3 Å². The molecule has 1 aliphatic carbocycles. The number of aryl methyl sites for hydroxylation is 1. The summed E-state index contributed by atoms with van der Waals surface area (Å²) in [4.78, 5) is 15.9. The maximum absolute atomic E-state index is 12.4. The Morgan fingerprint density at radius 3 is 2.73 bits per heavy atom. The van der Waals surface area contributed by atoms with Crippen molar-refractivity contribution in [1.29, 1.82) is 0 Å². The first-order valence-corrected chi connectivity index (χ1v) is 8.26. The van der Waals surface area contributed by atoms with Crippen LogP contribution in [0, 0.1) is 0 Å². The molecule has 1 aromatic rings. The van der Waals surface area contributed by atoms with Crippen molar-refractivity contribution in [3.05, 3.63) is 21.7 Å². The number of carbonyl (C=O) groups is 1. The van der Waals surface area contributed by atoms with E-state index in [1.165, 1.54) is 6.08 Å². The molecule has 0 unspecified atom stereocenters. The minimum atomic E-state index is -5.78. The van der Waals surface area contributed by atoms with Gasteiger partial charge in [0.15, 0.2) is 5.76 Å². The van der Waals surface area contributed by atoms with Gasteiger partial charge in [0.1, 0.15) is 5.69 Å². The molecule has 0 saturated heterocycles. The lowest BCUT2D eigenvalue weighted by molar-refractivity contribution is -0.0509. The van der Waals surface area contributed by atoms with Gasteiger partial charge in [-0.1, -0.05) is 0 Å². The van der Waals surface area contributed by atoms with Crippen LogP contribution < -0.4 is 0 Å². The number of halogens is 3. The van der Waals surface area contributed by atoms with E-state index in [9.17, 15) is 26.4 Å². The van der Waals surface area contributed by atoms with Gasteiger partial charge in [0.25, 0.3) is 0 Å². The fourth-order valence-electron chi connectivity index (χ4n) is 1.66. The van der Waals surface area contributed by atoms with E-state index in [4.69, 9.17) is 4.74 Å². The zero-order valence-corrected chi connectivity index (χ0v) is 12.8. The minimum absolute atomic E-state index is 0.0624. The number of hydrogen-bond donors (Lipinski definition) is 0. The Hall–Kier alpha value is -1.62. The van der Waals surface area contributed by atoms with Crippen molar-refractivity contribution in [2.24, 2.45) is 0 Å². The number of alkyl halides is 3. The van der Waals surface area contributed by atoms with Gasteiger partial charge >= 0.3 is 21.6 Å². The second kappa shape index (κ2) is 5.88. The molecule has 0 aliphatic heterocycles. The molecule has 22 heavy (non-hydrogen) atoms. The van der Waals surface area contributed by atoms with E-state index in [2.05, 4.69) is 9.17 Å². The summed E-state index contributed by atoms with van der Waals surface area (Å²) in [5.74, 6) is -1.25. The van der Waals surface area contributed by atoms with Crippen molar-refractivity contribution >= 4 is 33.2 Å². The van der Waals surface area contributed by atoms with E-state index in [1.807, 2.05) is 0 Å². The smallest absolute Gasteiger partial charge is 0.461 e. The number of esters is 1. The molecule has 6 nitrogen and oxygen atoms in total. The Labute approximate surface area is 127 Å². The maximum atomic E-state index is 12.4. The van der Waals surface area contributed by atoms with Gasteiger partial charge in [0.2, 0.25) is 5.01 Å². The lowest BCUT2D eigenvalue weighted by Crippen LogP contribution is -2.25. The van der Waals surface area contributed by atoms with Gasteiger partial charge in [-0.15, -0.1) is 11.3 Å². The molecule has 0 bridgehead atoms. The molecular formula is C11H10F3NO5S2. The largest absolute Gasteiger partial charge is 0.534 e. The molecule has 11 heteroatoms. The van der Waals surface area contributed by atoms with Crippen LogP contribution in [-0.4, -0.2) is 31.5 Å². The summed E-state index contributed by atoms with van der Waals surface area (Å²) in [6.07, 6.45) is 1.89. The lowest BCUT2D eigenvalue weighted by atomic mass is 10.1. The third-order valence-electron chi connectivity index (χ3n) is 2.56. The first kappa shape index (κ1) is 16.7. The Balaban J connectivity index is 2.32. The summed E-state index contributed by atoms with van der Waals surface area (Å²) in [6, 6.07) is 0. The fourth-order valence-corrected chi connectivity index (χ4v) is 3.12. The number of allylic oxidation sites excluding steroid dienone is 1. The van der Waals surface area contributed by atoms with Crippen molar-refractivity contribution in [2.75, 3.05) is 6.61 Å². The highest BCUT2D eigenvalue weighted by atomic mass is 32.2. The van der Waals surface area contributed by atoms with Crippen LogP contribution in [0.25, 0.3) is 5.76 Å². The summed E-state index contributed by atoms with van der Waals surface area (Å²) >= 11 is 0.938. The third-order valence-corrected chi connectivity index (χ3v) is 4.63. The second-order valence-electron chi connectivity index (χ2n) is 4.10. The summed E-state index contributed by atoms with van der Waals surface area (Å²) in [6.45, 7) is 1.71. The molecule has 0 saturated carbocycles. The molecule has 1 aliphatic rings. The summed E-state index contributed by atoms with van der Waals surface area (Å²) in [5.41, 5.74) is -5.61. The molecular weight excluding hydrogens is 347 g/mol. The molecule has 0 aromatic carbocycles. The van der Waals surface area contributed by atoms with Crippen molar-refractivity contribution in [3.63, 3.8) is 0 Å². The van der Waals surface area contributed by atoms with Crippen LogP contribution in [0.3, 0.4) is 0 Å². The summed E-state index contributed by atoms with van der Waals surface area (Å²) in [7, 11) is -5.78. The zero-order chi connectivity index (χ0) is 16.5. The van der Waals surface area contributed by atoms with E-state index in [0.717, 1.165) is 11.3 Å². The van der Waals surface area contributed by atoms with Crippen LogP contribution in [0.4, 0.5) is 13.2 Å². The zero-order valence-electron chi connectivity index (χ0n) is 11.1. The molecule has 0 fully saturated rings. The van der Waals surface area contributed by atoms with Gasteiger partial charge in [0, 0.05) is 4.88 Å². The summed E-state index contributed by atoms with van der Waals surface area (Å²) in [5, 5.41) is -0.0624. The Morgan fingerprint density at radius 2 is 2.14 bits per heavy atom. The first-order valence-electron chi connectivity index (χ1n) is 6.04. The van der Waals surface area contributed by atoms with Crippen molar-refractivity contribution in [3.8, 4) is 0 Å². The van der Waals surface area contributed by atoms with Crippen molar-refractivity contribution < 1.29 is 35.3 Å². The summed E-state index contributed by atoms with van der Waals surface area (Å²) < 4.78 is 68.1. The number of nitrogens with zero attached hydrogens (tertiary/aromatic N) is 1. The molecule has 0 spiro atoms. The fraction of sp³-hybridized carbons (Fsp3) is 0.455. The van der Waals surface area contributed by atoms with Crippen molar-refractivity contribution in [1.82, 2.24) is 4.98 Å². The maximum Gasteiger partial charge on any atom is 0.534 e. The number of hydrogen-bond acceptors (Lipinski definition) is 7. The van der Waals surface area contributed by atoms with Crippen LogP contribution in [0.2, 0.25) is 0 Å². The highest BCUT2D eigenvalue weighted by Gasteiger charge is 2.49. The number of rotatable bonds is 4. The molecule has 1 heterocycles. The van der Waals surface area contributed by atoms with E-state index in [0.29, 0.717) is 11.3 Å². The predicted molar refractivity (Wildman–Crippen MR) is 70.4 cm³/mol. The number of aromatic nitrogens is 1. The second-order valence-corrected chi connectivity index (χ2v) is 6.72. The van der Waals surface area contributed by atoms with Gasteiger partial charge in [-0.05, 0) is 25.8 Å². The topological polar surface area (TPSA) is 82.6 Å². The average molecular weight is 357 g/mol. The van der Waals surface area contributed by atoms with E-state index in [-0.39, 0.29) is 23.7 Å². The Kier molecular flexibility index (Phi) is 4.47. The number of thiazole rings is 1. The van der Waals surface area contributed by atoms with Crippen molar-refractivity contribution in [2.45, 2.75) is 25.3 Å². The van der Waals surface area contributed by atoms with Gasteiger partial charge in [-0.3, -0.25) is 0 Å². The monoisotopic (exact) mass is 357 g/mol. The molecule has 0 radical (unpaired) electrons. The minimum Gasteiger partial charge on any atom is -0.461 e. The normalized spacial score (nSPS) is 15.0. The quantitative estimate of drug-likeness (QED) is 0.468. The SMILES string of the molecule is CCOC(=O)c1nc2c(s1)CCC=C2OS(=O)(=O)C(F)(F)F. The van der Waals surface area contributed by atoms with Gasteiger partial charge in [0.05, 0.1) is 6.61 Å². The highest BCUT2D eigenvalue weighted by molar-refractivity contribution is 7.87. The molecule has 0 amide bonds. The van der Waals surface area contributed by atoms with Gasteiger partial charge in [-0.2, -0.15) is 21.6 Å². The van der Waals surface area contributed by atoms with E-state index >= 15 is 0 Å². The molecule has 2 rings (SSSR count). The van der Waals surface area contributed by atoms with Gasteiger partial charge < -0.3 is 8.92 Å². The van der Waals surface area contributed by atoms with Gasteiger partial charge in [-0.25, -0.2) is 9.78 Å². The van der Waals surface area contributed by atoms with Crippen LogP contribution in [0.15, 0.2) is 6.08 Å². The van der Waals surface area contributed by atoms with Crippen LogP contribution in [-0.2, 0) is 25.5 Å². The van der Waals surface area contributed by atoms with Crippen LogP contribution in [0.1, 0.15) is 33.7 Å². The standard InChI is InChI=1S/C11H10F3NO5S2/c1-2-19-10(16)9-15-8-6(4-3-5-7(8)21-9)20-22(17,18)11(12,13)14/h4H,2-3,5H2,1H3. The van der Waals surface area contributed by atoms with Crippen LogP contribution in [0.5, 0.6) is 0 Å². The molecule has 0 N–H and O–H groups in total. The predicted octanol–water partition coefficient (Wildman–Crippen LogP) is 2.47. The van der Waals surface area contributed by atoms with E-state index < -0.39 is 27.4 Å². The molecule has 122 valence electrons. The Morgan fingerprint density at radius 1 is 1.45 bits per heavy atom. The molecule has 1 aromatic heterocycles. The highest BCUT2D eigenvalue weighted by Crippen LogP contribution is 2.35. The molecule has 0 atom stereocenters.